The summed E-state index contributed by atoms with van der Waals surface area (Å²) in [5, 5.41) is 22.9. The van der Waals surface area contributed by atoms with Crippen LogP contribution in [0.15, 0.2) is 45.2 Å². The Kier molecular flexibility index (Phi) is 8.93. The number of benzene rings is 1. The van der Waals surface area contributed by atoms with E-state index in [9.17, 15) is 15.0 Å². The van der Waals surface area contributed by atoms with Gasteiger partial charge < -0.3 is 14.9 Å². The number of aliphatic hydroxyl groups is 2. The molecule has 1 aromatic heterocycles. The van der Waals surface area contributed by atoms with Gasteiger partial charge in [-0.2, -0.15) is 0 Å². The number of carbonyl (C=O) groups is 1. The number of carbonyl (C=O) groups excluding carboxylic acids is 1. The molecule has 0 bridgehead atoms. The standard InChI is InChI=1S/C28H38O4S2/c1-6-7-8-12-28(13-11-21-10-9-14-33-21)17-23(30)25(26(31)32-28)34-24-19(2)15-20(18-29)16-22(24)27(3,4)5/h9-10,14-16,29-30H,6-8,11-13,17-18H2,1-5H3. The molecule has 186 valence electrons. The molecule has 6 heteroatoms. The second-order valence-corrected chi connectivity index (χ2v) is 12.4. The highest BCUT2D eigenvalue weighted by molar-refractivity contribution is 8.04. The topological polar surface area (TPSA) is 66.8 Å². The number of thioether (sulfide) groups is 1. The lowest BCUT2D eigenvalue weighted by molar-refractivity contribution is -0.159. The summed E-state index contributed by atoms with van der Waals surface area (Å²) in [6.45, 7) is 10.5. The van der Waals surface area contributed by atoms with Gasteiger partial charge in [-0.1, -0.05) is 70.5 Å². The van der Waals surface area contributed by atoms with Gasteiger partial charge in [0, 0.05) is 16.2 Å². The van der Waals surface area contributed by atoms with Gasteiger partial charge in [0.1, 0.15) is 16.3 Å². The molecule has 2 N–H and O–H groups in total. The summed E-state index contributed by atoms with van der Waals surface area (Å²) in [7, 11) is 0. The molecule has 2 aromatic rings. The number of cyclic esters (lactones) is 1. The lowest BCUT2D eigenvalue weighted by atomic mass is 9.85. The van der Waals surface area contributed by atoms with Crippen molar-refractivity contribution in [2.24, 2.45) is 0 Å². The molecule has 0 saturated carbocycles. The molecule has 0 spiro atoms. The molecule has 34 heavy (non-hydrogen) atoms. The average Bonchev–Trinajstić information content (AvgIpc) is 3.29. The van der Waals surface area contributed by atoms with E-state index in [1.54, 1.807) is 11.3 Å². The average molecular weight is 503 g/mol. The van der Waals surface area contributed by atoms with E-state index in [4.69, 9.17) is 4.74 Å². The summed E-state index contributed by atoms with van der Waals surface area (Å²) in [6.07, 6.45) is 5.81. The molecule has 0 radical (unpaired) electrons. The van der Waals surface area contributed by atoms with Crippen LogP contribution >= 0.6 is 23.1 Å². The number of aliphatic hydroxyl groups excluding tert-OH is 2. The summed E-state index contributed by atoms with van der Waals surface area (Å²) >= 11 is 3.01. The Hall–Kier alpha value is -1.76. The Morgan fingerprint density at radius 1 is 1.21 bits per heavy atom. The van der Waals surface area contributed by atoms with Crippen LogP contribution in [0.2, 0.25) is 0 Å². The molecule has 1 aromatic carbocycles. The van der Waals surface area contributed by atoms with E-state index in [2.05, 4.69) is 39.1 Å². The third kappa shape index (κ3) is 6.46. The van der Waals surface area contributed by atoms with Gasteiger partial charge >= 0.3 is 5.97 Å². The SMILES string of the molecule is CCCCCC1(CCc2cccs2)CC(O)=C(Sc2c(C)cc(CO)cc2C(C)(C)C)C(=O)O1. The van der Waals surface area contributed by atoms with Crippen molar-refractivity contribution in [3.63, 3.8) is 0 Å². The predicted octanol–water partition coefficient (Wildman–Crippen LogP) is 7.61. The maximum absolute atomic E-state index is 13.3. The number of unbranched alkanes of at least 4 members (excludes halogenated alkanes) is 2. The minimum Gasteiger partial charge on any atom is -0.511 e. The van der Waals surface area contributed by atoms with Gasteiger partial charge in [0.25, 0.3) is 0 Å². The minimum atomic E-state index is -0.660. The number of ether oxygens (including phenoxy) is 1. The Morgan fingerprint density at radius 3 is 2.56 bits per heavy atom. The highest BCUT2D eigenvalue weighted by atomic mass is 32.2. The van der Waals surface area contributed by atoms with Gasteiger partial charge in [-0.25, -0.2) is 4.79 Å². The molecule has 0 saturated heterocycles. The van der Waals surface area contributed by atoms with Crippen LogP contribution in [-0.4, -0.2) is 21.8 Å². The molecule has 0 amide bonds. The number of esters is 1. The molecule has 4 nitrogen and oxygen atoms in total. The van der Waals surface area contributed by atoms with Crippen molar-refractivity contribution in [3.05, 3.63) is 61.9 Å². The smallest absolute Gasteiger partial charge is 0.349 e. The Morgan fingerprint density at radius 2 is 1.97 bits per heavy atom. The van der Waals surface area contributed by atoms with E-state index in [1.165, 1.54) is 16.6 Å². The molecule has 1 atom stereocenters. The van der Waals surface area contributed by atoms with Crippen LogP contribution in [-0.2, 0) is 28.0 Å². The Bertz CT molecular complexity index is 1020. The third-order valence-electron chi connectivity index (χ3n) is 6.42. The molecule has 0 fully saturated rings. The van der Waals surface area contributed by atoms with E-state index in [1.807, 2.05) is 25.1 Å². The van der Waals surface area contributed by atoms with E-state index in [0.717, 1.165) is 53.7 Å². The zero-order chi connectivity index (χ0) is 24.9. The Labute approximate surface area is 212 Å². The van der Waals surface area contributed by atoms with Gasteiger partial charge in [0.2, 0.25) is 0 Å². The van der Waals surface area contributed by atoms with Gasteiger partial charge in [-0.05, 0) is 66.2 Å². The maximum Gasteiger partial charge on any atom is 0.349 e. The van der Waals surface area contributed by atoms with Crippen LogP contribution in [0.3, 0.4) is 0 Å². The molecule has 0 aliphatic carbocycles. The van der Waals surface area contributed by atoms with Crippen molar-refractivity contribution >= 4 is 29.1 Å². The van der Waals surface area contributed by atoms with Crippen molar-refractivity contribution in [3.8, 4) is 0 Å². The first kappa shape index (κ1) is 26.8. The summed E-state index contributed by atoms with van der Waals surface area (Å²) in [5.74, 6) is -0.295. The van der Waals surface area contributed by atoms with Crippen molar-refractivity contribution in [1.82, 2.24) is 0 Å². The van der Waals surface area contributed by atoms with Crippen molar-refractivity contribution in [2.75, 3.05) is 0 Å². The molecular weight excluding hydrogens is 464 g/mol. The zero-order valence-corrected chi connectivity index (χ0v) is 22.7. The van der Waals surface area contributed by atoms with Gasteiger partial charge in [0.05, 0.1) is 6.61 Å². The van der Waals surface area contributed by atoms with Gasteiger partial charge in [0.15, 0.2) is 0 Å². The molecular formula is C28H38O4S2. The van der Waals surface area contributed by atoms with Gasteiger partial charge in [-0.3, -0.25) is 0 Å². The van der Waals surface area contributed by atoms with Gasteiger partial charge in [-0.15, -0.1) is 11.3 Å². The third-order valence-corrected chi connectivity index (χ3v) is 8.71. The normalized spacial score (nSPS) is 18.9. The van der Waals surface area contributed by atoms with Crippen LogP contribution in [0.4, 0.5) is 0 Å². The van der Waals surface area contributed by atoms with Crippen LogP contribution < -0.4 is 0 Å². The summed E-state index contributed by atoms with van der Waals surface area (Å²) in [4.78, 5) is 15.8. The largest absolute Gasteiger partial charge is 0.511 e. The summed E-state index contributed by atoms with van der Waals surface area (Å²) < 4.78 is 6.17. The number of hydrogen-bond acceptors (Lipinski definition) is 6. The molecule has 3 rings (SSSR count). The zero-order valence-electron chi connectivity index (χ0n) is 21.1. The van der Waals surface area contributed by atoms with Crippen molar-refractivity contribution < 1.29 is 19.7 Å². The summed E-state index contributed by atoms with van der Waals surface area (Å²) in [6, 6.07) is 8.09. The fourth-order valence-electron chi connectivity index (χ4n) is 4.52. The fraction of sp³-hybridized carbons (Fsp3) is 0.536. The lowest BCUT2D eigenvalue weighted by Gasteiger charge is -2.37. The first-order chi connectivity index (χ1) is 16.1. The first-order valence-corrected chi connectivity index (χ1v) is 13.9. The molecule has 2 heterocycles. The van der Waals surface area contributed by atoms with Crippen LogP contribution in [0.5, 0.6) is 0 Å². The monoisotopic (exact) mass is 502 g/mol. The minimum absolute atomic E-state index is 0.0324. The highest BCUT2D eigenvalue weighted by Gasteiger charge is 2.42. The van der Waals surface area contributed by atoms with Crippen LogP contribution in [0, 0.1) is 6.92 Å². The second-order valence-electron chi connectivity index (χ2n) is 10.4. The highest BCUT2D eigenvalue weighted by Crippen LogP contribution is 2.45. The van der Waals surface area contributed by atoms with Crippen LogP contribution in [0.25, 0.3) is 0 Å². The molecule has 1 aliphatic rings. The van der Waals surface area contributed by atoms with E-state index in [0.29, 0.717) is 12.8 Å². The van der Waals surface area contributed by atoms with E-state index >= 15 is 0 Å². The van der Waals surface area contributed by atoms with E-state index < -0.39 is 11.6 Å². The number of hydrogen-bond donors (Lipinski definition) is 2. The fourth-order valence-corrected chi connectivity index (χ4v) is 6.45. The predicted molar refractivity (Wildman–Crippen MR) is 142 cm³/mol. The molecule has 1 aliphatic heterocycles. The number of thiophene rings is 1. The second kappa shape index (κ2) is 11.3. The Balaban J connectivity index is 1.91. The maximum atomic E-state index is 13.3. The molecule has 1 unspecified atom stereocenters. The van der Waals surface area contributed by atoms with Crippen LogP contribution in [0.1, 0.15) is 87.8 Å². The first-order valence-electron chi connectivity index (χ1n) is 12.2. The van der Waals surface area contributed by atoms with Crippen molar-refractivity contribution in [1.29, 1.82) is 0 Å². The number of aryl methyl sites for hydroxylation is 2. The van der Waals surface area contributed by atoms with E-state index in [-0.39, 0.29) is 22.7 Å². The van der Waals surface area contributed by atoms with Crippen molar-refractivity contribution in [2.45, 2.75) is 102 Å². The summed E-state index contributed by atoms with van der Waals surface area (Å²) in [5.41, 5.74) is 2.03. The number of rotatable bonds is 10. The quantitative estimate of drug-likeness (QED) is 0.258. The lowest BCUT2D eigenvalue weighted by Crippen LogP contribution is -2.40.